The Morgan fingerprint density at radius 1 is 1.50 bits per heavy atom. The van der Waals surface area contributed by atoms with Crippen molar-refractivity contribution in [3.8, 4) is 0 Å². The molecule has 0 saturated carbocycles. The molecule has 1 heterocycles. The van der Waals surface area contributed by atoms with Gasteiger partial charge in [-0.1, -0.05) is 0 Å². The number of carboxylic acid groups (broad SMARTS) is 1. The van der Waals surface area contributed by atoms with Gasteiger partial charge in [0.05, 0.1) is 18.2 Å². The van der Waals surface area contributed by atoms with Crippen LogP contribution in [0.3, 0.4) is 0 Å². The molecule has 0 aliphatic carbocycles. The second-order valence-corrected chi connectivity index (χ2v) is 3.42. The van der Waals surface area contributed by atoms with E-state index in [4.69, 9.17) is 9.52 Å². The minimum absolute atomic E-state index is 0.0452. The Hall–Kier alpha value is -1.78. The van der Waals surface area contributed by atoms with Crippen molar-refractivity contribution in [1.82, 2.24) is 4.90 Å². The molecule has 5 heteroatoms. The monoisotopic (exact) mass is 225 g/mol. The van der Waals surface area contributed by atoms with Crippen LogP contribution in [-0.2, 0) is 4.79 Å². The summed E-state index contributed by atoms with van der Waals surface area (Å²) in [6.07, 6.45) is 1.41. The lowest BCUT2D eigenvalue weighted by Gasteiger charge is -2.19. The van der Waals surface area contributed by atoms with E-state index in [9.17, 15) is 9.59 Å². The Balaban J connectivity index is 2.70. The molecule has 0 aromatic carbocycles. The average Bonchev–Trinajstić information content (AvgIpc) is 2.64. The second kappa shape index (κ2) is 5.34. The number of hydrogen-bond donors (Lipinski definition) is 1. The van der Waals surface area contributed by atoms with E-state index in [0.29, 0.717) is 17.9 Å². The van der Waals surface area contributed by atoms with Gasteiger partial charge >= 0.3 is 5.97 Å². The zero-order valence-electron chi connectivity index (χ0n) is 9.40. The van der Waals surface area contributed by atoms with Crippen molar-refractivity contribution >= 4 is 11.9 Å². The lowest BCUT2D eigenvalue weighted by molar-refractivity contribution is -0.137. The van der Waals surface area contributed by atoms with E-state index in [1.165, 1.54) is 11.2 Å². The summed E-state index contributed by atoms with van der Waals surface area (Å²) in [5.41, 5.74) is 0.493. The standard InChI is InChI=1S/C11H15NO4/c1-3-12(6-4-10(13)14)11(15)9-5-7-16-8(9)2/h5,7H,3-4,6H2,1-2H3,(H,13,14). The van der Waals surface area contributed by atoms with Crippen LogP contribution in [0.2, 0.25) is 0 Å². The van der Waals surface area contributed by atoms with Gasteiger partial charge in [-0.2, -0.15) is 0 Å². The number of nitrogens with zero attached hydrogens (tertiary/aromatic N) is 1. The highest BCUT2D eigenvalue weighted by Crippen LogP contribution is 2.12. The molecule has 1 amide bonds. The third kappa shape index (κ3) is 2.85. The van der Waals surface area contributed by atoms with E-state index < -0.39 is 5.97 Å². The SMILES string of the molecule is CCN(CCC(=O)O)C(=O)c1ccoc1C. The van der Waals surface area contributed by atoms with Crippen molar-refractivity contribution in [3.63, 3.8) is 0 Å². The molecular formula is C11H15NO4. The van der Waals surface area contributed by atoms with Gasteiger partial charge in [-0.25, -0.2) is 0 Å². The van der Waals surface area contributed by atoms with E-state index in [2.05, 4.69) is 0 Å². The highest BCUT2D eigenvalue weighted by atomic mass is 16.4. The van der Waals surface area contributed by atoms with E-state index in [1.54, 1.807) is 13.0 Å². The zero-order valence-corrected chi connectivity index (χ0v) is 9.40. The van der Waals surface area contributed by atoms with Gasteiger partial charge in [0.1, 0.15) is 5.76 Å². The maximum atomic E-state index is 11.9. The van der Waals surface area contributed by atoms with E-state index in [1.807, 2.05) is 6.92 Å². The summed E-state index contributed by atoms with van der Waals surface area (Å²) < 4.78 is 5.04. The molecule has 16 heavy (non-hydrogen) atoms. The van der Waals surface area contributed by atoms with Crippen molar-refractivity contribution in [2.24, 2.45) is 0 Å². The van der Waals surface area contributed by atoms with Crippen LogP contribution in [0.1, 0.15) is 29.5 Å². The first-order chi connectivity index (χ1) is 7.56. The fourth-order valence-corrected chi connectivity index (χ4v) is 1.41. The Morgan fingerprint density at radius 3 is 2.62 bits per heavy atom. The molecule has 1 aromatic heterocycles. The van der Waals surface area contributed by atoms with Crippen molar-refractivity contribution in [1.29, 1.82) is 0 Å². The molecule has 0 atom stereocenters. The highest BCUT2D eigenvalue weighted by molar-refractivity contribution is 5.95. The zero-order chi connectivity index (χ0) is 12.1. The van der Waals surface area contributed by atoms with Gasteiger partial charge in [0, 0.05) is 13.1 Å². The van der Waals surface area contributed by atoms with Crippen molar-refractivity contribution < 1.29 is 19.1 Å². The molecule has 88 valence electrons. The van der Waals surface area contributed by atoms with Gasteiger partial charge in [-0.05, 0) is 19.9 Å². The number of carboxylic acids is 1. The van der Waals surface area contributed by atoms with E-state index in [-0.39, 0.29) is 18.9 Å². The fourth-order valence-electron chi connectivity index (χ4n) is 1.41. The van der Waals surface area contributed by atoms with Crippen LogP contribution < -0.4 is 0 Å². The molecule has 1 rings (SSSR count). The van der Waals surface area contributed by atoms with Gasteiger partial charge < -0.3 is 14.4 Å². The molecule has 1 aromatic rings. The van der Waals surface area contributed by atoms with Crippen LogP contribution in [0.25, 0.3) is 0 Å². The smallest absolute Gasteiger partial charge is 0.305 e. The van der Waals surface area contributed by atoms with Crippen LogP contribution in [0, 0.1) is 6.92 Å². The van der Waals surface area contributed by atoms with Crippen molar-refractivity contribution in [2.75, 3.05) is 13.1 Å². The number of aliphatic carboxylic acids is 1. The summed E-state index contributed by atoms with van der Waals surface area (Å²) in [6, 6.07) is 1.60. The number of carbonyl (C=O) groups excluding carboxylic acids is 1. The summed E-state index contributed by atoms with van der Waals surface area (Å²) in [7, 11) is 0. The minimum Gasteiger partial charge on any atom is -0.481 e. The lowest BCUT2D eigenvalue weighted by Crippen LogP contribution is -2.32. The second-order valence-electron chi connectivity index (χ2n) is 3.42. The molecule has 0 unspecified atom stereocenters. The Kier molecular flexibility index (Phi) is 4.10. The van der Waals surface area contributed by atoms with Gasteiger partial charge in [0.25, 0.3) is 5.91 Å². The summed E-state index contributed by atoms with van der Waals surface area (Å²) in [6.45, 7) is 4.22. The van der Waals surface area contributed by atoms with Crippen molar-refractivity contribution in [2.45, 2.75) is 20.3 Å². The van der Waals surface area contributed by atoms with E-state index >= 15 is 0 Å². The average molecular weight is 225 g/mol. The minimum atomic E-state index is -0.907. The molecule has 0 bridgehead atoms. The van der Waals surface area contributed by atoms with Crippen LogP contribution in [-0.4, -0.2) is 35.0 Å². The van der Waals surface area contributed by atoms with Crippen LogP contribution >= 0.6 is 0 Å². The maximum absolute atomic E-state index is 11.9. The number of furan rings is 1. The maximum Gasteiger partial charge on any atom is 0.305 e. The third-order valence-electron chi connectivity index (χ3n) is 2.35. The molecule has 0 aliphatic heterocycles. The first-order valence-corrected chi connectivity index (χ1v) is 5.11. The van der Waals surface area contributed by atoms with Gasteiger partial charge in [0.15, 0.2) is 0 Å². The number of carbonyl (C=O) groups is 2. The largest absolute Gasteiger partial charge is 0.481 e. The number of aryl methyl sites for hydroxylation is 1. The first-order valence-electron chi connectivity index (χ1n) is 5.11. The number of amides is 1. The van der Waals surface area contributed by atoms with Gasteiger partial charge in [-0.15, -0.1) is 0 Å². The fraction of sp³-hybridized carbons (Fsp3) is 0.455. The molecule has 0 spiro atoms. The first kappa shape index (κ1) is 12.3. The van der Waals surface area contributed by atoms with Gasteiger partial charge in [0.2, 0.25) is 0 Å². The third-order valence-corrected chi connectivity index (χ3v) is 2.35. The molecule has 0 aliphatic rings. The Morgan fingerprint density at radius 2 is 2.19 bits per heavy atom. The molecular weight excluding hydrogens is 210 g/mol. The summed E-state index contributed by atoms with van der Waals surface area (Å²) in [4.78, 5) is 23.9. The predicted molar refractivity (Wildman–Crippen MR) is 57.3 cm³/mol. The molecule has 5 nitrogen and oxygen atoms in total. The van der Waals surface area contributed by atoms with Gasteiger partial charge in [-0.3, -0.25) is 9.59 Å². The number of rotatable bonds is 5. The summed E-state index contributed by atoms with van der Waals surface area (Å²) >= 11 is 0. The topological polar surface area (TPSA) is 70.8 Å². The summed E-state index contributed by atoms with van der Waals surface area (Å²) in [5, 5.41) is 8.57. The van der Waals surface area contributed by atoms with Crippen LogP contribution in [0.15, 0.2) is 16.7 Å². The van der Waals surface area contributed by atoms with Crippen molar-refractivity contribution in [3.05, 3.63) is 23.7 Å². The van der Waals surface area contributed by atoms with Crippen LogP contribution in [0.4, 0.5) is 0 Å². The van der Waals surface area contributed by atoms with Crippen LogP contribution in [0.5, 0.6) is 0 Å². The Bertz CT molecular complexity index is 383. The summed E-state index contributed by atoms with van der Waals surface area (Å²) in [5.74, 6) is -0.538. The number of hydrogen-bond acceptors (Lipinski definition) is 3. The molecule has 0 fully saturated rings. The quantitative estimate of drug-likeness (QED) is 0.824. The Labute approximate surface area is 93.7 Å². The molecule has 0 saturated heterocycles. The predicted octanol–water partition coefficient (Wildman–Crippen LogP) is 1.52. The molecule has 1 N–H and O–H groups in total. The van der Waals surface area contributed by atoms with E-state index in [0.717, 1.165) is 0 Å². The normalized spacial score (nSPS) is 10.1. The molecule has 0 radical (unpaired) electrons. The highest BCUT2D eigenvalue weighted by Gasteiger charge is 2.18. The lowest BCUT2D eigenvalue weighted by atomic mass is 10.2.